The summed E-state index contributed by atoms with van der Waals surface area (Å²) in [6.45, 7) is 4.01. The lowest BCUT2D eigenvalue weighted by Crippen LogP contribution is -2.07. The third-order valence-corrected chi connectivity index (χ3v) is 3.12. The SMILES string of the molecule is CC(=O)C(C)CCc1ccc(O)c(OCCS)c1. The van der Waals surface area contributed by atoms with Crippen molar-refractivity contribution in [1.29, 1.82) is 0 Å². The summed E-state index contributed by atoms with van der Waals surface area (Å²) in [5.41, 5.74) is 1.06. The van der Waals surface area contributed by atoms with Crippen molar-refractivity contribution in [1.82, 2.24) is 0 Å². The molecule has 0 aromatic heterocycles. The Bertz CT molecular complexity index is 404. The monoisotopic (exact) mass is 268 g/mol. The van der Waals surface area contributed by atoms with Crippen molar-refractivity contribution >= 4 is 18.4 Å². The summed E-state index contributed by atoms with van der Waals surface area (Å²) in [6, 6.07) is 5.31. The molecule has 3 nitrogen and oxygen atoms in total. The van der Waals surface area contributed by atoms with E-state index in [0.717, 1.165) is 18.4 Å². The Labute approximate surface area is 114 Å². The van der Waals surface area contributed by atoms with Gasteiger partial charge in [-0.15, -0.1) is 0 Å². The molecule has 1 aromatic rings. The topological polar surface area (TPSA) is 46.5 Å². The van der Waals surface area contributed by atoms with Gasteiger partial charge in [0.05, 0.1) is 6.61 Å². The zero-order valence-corrected chi connectivity index (χ0v) is 11.7. The molecule has 1 rings (SSSR count). The van der Waals surface area contributed by atoms with Gasteiger partial charge in [-0.3, -0.25) is 4.79 Å². The summed E-state index contributed by atoms with van der Waals surface area (Å²) >= 11 is 4.06. The molecule has 0 radical (unpaired) electrons. The molecule has 0 fully saturated rings. The Balaban J connectivity index is 2.63. The van der Waals surface area contributed by atoms with Crippen LogP contribution in [0.15, 0.2) is 18.2 Å². The largest absolute Gasteiger partial charge is 0.504 e. The van der Waals surface area contributed by atoms with E-state index in [1.165, 1.54) is 0 Å². The number of thiol groups is 1. The zero-order valence-electron chi connectivity index (χ0n) is 10.8. The molecule has 0 aliphatic carbocycles. The first kappa shape index (κ1) is 14.9. The van der Waals surface area contributed by atoms with Gasteiger partial charge in [-0.1, -0.05) is 13.0 Å². The fourth-order valence-electron chi connectivity index (χ4n) is 1.57. The van der Waals surface area contributed by atoms with Crippen molar-refractivity contribution in [2.24, 2.45) is 5.92 Å². The van der Waals surface area contributed by atoms with Gasteiger partial charge >= 0.3 is 0 Å². The summed E-state index contributed by atoms with van der Waals surface area (Å²) < 4.78 is 5.39. The number of benzene rings is 1. The molecule has 0 amide bonds. The zero-order chi connectivity index (χ0) is 13.5. The molecule has 18 heavy (non-hydrogen) atoms. The molecular weight excluding hydrogens is 248 g/mol. The fraction of sp³-hybridized carbons (Fsp3) is 0.500. The highest BCUT2D eigenvalue weighted by Crippen LogP contribution is 2.27. The van der Waals surface area contributed by atoms with Crippen molar-refractivity contribution in [2.75, 3.05) is 12.4 Å². The highest BCUT2D eigenvalue weighted by atomic mass is 32.1. The number of phenols is 1. The van der Waals surface area contributed by atoms with Crippen LogP contribution in [0.2, 0.25) is 0 Å². The highest BCUT2D eigenvalue weighted by Gasteiger charge is 2.09. The summed E-state index contributed by atoms with van der Waals surface area (Å²) in [6.07, 6.45) is 1.62. The third kappa shape index (κ3) is 4.61. The van der Waals surface area contributed by atoms with Gasteiger partial charge in [0.15, 0.2) is 11.5 Å². The van der Waals surface area contributed by atoms with Crippen LogP contribution in [0.4, 0.5) is 0 Å². The van der Waals surface area contributed by atoms with Crippen LogP contribution < -0.4 is 4.74 Å². The summed E-state index contributed by atoms with van der Waals surface area (Å²) in [4.78, 5) is 11.2. The molecule has 4 heteroatoms. The van der Waals surface area contributed by atoms with Gasteiger partial charge < -0.3 is 9.84 Å². The minimum Gasteiger partial charge on any atom is -0.504 e. The Hall–Kier alpha value is -1.16. The van der Waals surface area contributed by atoms with E-state index in [1.807, 2.05) is 19.1 Å². The fourth-order valence-corrected chi connectivity index (χ4v) is 1.66. The van der Waals surface area contributed by atoms with Crippen LogP contribution in [-0.4, -0.2) is 23.2 Å². The molecular formula is C14H20O3S. The van der Waals surface area contributed by atoms with E-state index >= 15 is 0 Å². The maximum absolute atomic E-state index is 11.2. The van der Waals surface area contributed by atoms with Crippen LogP contribution in [0.25, 0.3) is 0 Å². The number of aromatic hydroxyl groups is 1. The quantitative estimate of drug-likeness (QED) is 0.748. The van der Waals surface area contributed by atoms with E-state index in [1.54, 1.807) is 13.0 Å². The van der Waals surface area contributed by atoms with Gasteiger partial charge in [-0.25, -0.2) is 0 Å². The molecule has 0 spiro atoms. The van der Waals surface area contributed by atoms with Crippen molar-refractivity contribution in [3.63, 3.8) is 0 Å². The molecule has 0 aliphatic rings. The summed E-state index contributed by atoms with van der Waals surface area (Å²) in [5, 5.41) is 9.62. The number of carbonyl (C=O) groups excluding carboxylic acids is 1. The predicted molar refractivity (Wildman–Crippen MR) is 75.6 cm³/mol. The number of rotatable bonds is 7. The molecule has 1 atom stereocenters. The van der Waals surface area contributed by atoms with Crippen LogP contribution >= 0.6 is 12.6 Å². The van der Waals surface area contributed by atoms with Crippen molar-refractivity contribution < 1.29 is 14.6 Å². The van der Waals surface area contributed by atoms with E-state index in [4.69, 9.17) is 4.74 Å². The number of ketones is 1. The first-order valence-electron chi connectivity index (χ1n) is 6.10. The minimum absolute atomic E-state index is 0.0700. The van der Waals surface area contributed by atoms with E-state index in [2.05, 4.69) is 12.6 Å². The lowest BCUT2D eigenvalue weighted by atomic mass is 9.98. The normalized spacial score (nSPS) is 12.2. The number of ether oxygens (including phenoxy) is 1. The van der Waals surface area contributed by atoms with Crippen molar-refractivity contribution in [3.8, 4) is 11.5 Å². The van der Waals surface area contributed by atoms with E-state index in [9.17, 15) is 9.90 Å². The van der Waals surface area contributed by atoms with Gasteiger partial charge in [-0.2, -0.15) is 12.6 Å². The lowest BCUT2D eigenvalue weighted by Gasteiger charge is -2.10. The smallest absolute Gasteiger partial charge is 0.161 e. The first-order valence-corrected chi connectivity index (χ1v) is 6.74. The summed E-state index contributed by atoms with van der Waals surface area (Å²) in [7, 11) is 0. The molecule has 0 bridgehead atoms. The van der Waals surface area contributed by atoms with Gasteiger partial charge in [0.2, 0.25) is 0 Å². The minimum atomic E-state index is 0.0700. The van der Waals surface area contributed by atoms with Crippen LogP contribution in [0.1, 0.15) is 25.8 Å². The number of Topliss-reactive ketones (excluding diaryl/α,β-unsaturated/α-hetero) is 1. The number of hydrogen-bond donors (Lipinski definition) is 2. The van der Waals surface area contributed by atoms with Crippen LogP contribution in [0, 0.1) is 5.92 Å². The lowest BCUT2D eigenvalue weighted by molar-refractivity contribution is -0.120. The van der Waals surface area contributed by atoms with Crippen LogP contribution in [0.3, 0.4) is 0 Å². The molecule has 1 unspecified atom stereocenters. The number of carbonyl (C=O) groups is 1. The number of phenolic OH excluding ortho intramolecular Hbond substituents is 1. The number of aryl methyl sites for hydroxylation is 1. The molecule has 0 saturated carbocycles. The standard InChI is InChI=1S/C14H20O3S/c1-10(11(2)15)3-4-12-5-6-13(16)14(9-12)17-7-8-18/h5-6,9-10,16,18H,3-4,7-8H2,1-2H3. The predicted octanol–water partition coefficient (Wildman–Crippen LogP) is 2.86. The van der Waals surface area contributed by atoms with Crippen LogP contribution in [0.5, 0.6) is 11.5 Å². The second-order valence-corrected chi connectivity index (χ2v) is 4.87. The van der Waals surface area contributed by atoms with E-state index in [0.29, 0.717) is 18.1 Å². The van der Waals surface area contributed by atoms with Crippen LogP contribution in [-0.2, 0) is 11.2 Å². The first-order chi connectivity index (χ1) is 8.54. The van der Waals surface area contributed by atoms with Gasteiger partial charge in [0.25, 0.3) is 0 Å². The Morgan fingerprint density at radius 3 is 2.83 bits per heavy atom. The summed E-state index contributed by atoms with van der Waals surface area (Å²) in [5.74, 6) is 1.50. The Morgan fingerprint density at radius 1 is 1.50 bits per heavy atom. The van der Waals surface area contributed by atoms with Crippen molar-refractivity contribution in [3.05, 3.63) is 23.8 Å². The molecule has 100 valence electrons. The molecule has 0 saturated heterocycles. The maximum Gasteiger partial charge on any atom is 0.161 e. The molecule has 1 aromatic carbocycles. The van der Waals surface area contributed by atoms with Gasteiger partial charge in [0, 0.05) is 11.7 Å². The van der Waals surface area contributed by atoms with Gasteiger partial charge in [0.1, 0.15) is 5.78 Å². The van der Waals surface area contributed by atoms with Gasteiger partial charge in [-0.05, 0) is 37.5 Å². The molecule has 1 N–H and O–H groups in total. The van der Waals surface area contributed by atoms with E-state index in [-0.39, 0.29) is 17.5 Å². The maximum atomic E-state index is 11.2. The second-order valence-electron chi connectivity index (χ2n) is 4.42. The number of hydrogen-bond acceptors (Lipinski definition) is 4. The Kier molecular flexibility index (Phi) is 6.05. The second kappa shape index (κ2) is 7.31. The average molecular weight is 268 g/mol. The average Bonchev–Trinajstić information content (AvgIpc) is 2.35. The van der Waals surface area contributed by atoms with Crippen molar-refractivity contribution in [2.45, 2.75) is 26.7 Å². The highest BCUT2D eigenvalue weighted by molar-refractivity contribution is 7.80. The van der Waals surface area contributed by atoms with E-state index < -0.39 is 0 Å². The molecule has 0 aliphatic heterocycles. The Morgan fingerprint density at radius 2 is 2.22 bits per heavy atom. The third-order valence-electron chi connectivity index (χ3n) is 2.93. The molecule has 0 heterocycles.